The standard InChI is InChI=1S/C14H25N3O4S/c1-14-6-2-3-7-17(12(14)4-5-13(18)15-14)22(19,20)16-8-10-21-11-9-16/h12H,2-11H2,1H3,(H,15,18)/t12-,14-/m0/s1. The first kappa shape index (κ1) is 16.2. The Kier molecular flexibility index (Phi) is 4.46. The molecule has 3 saturated heterocycles. The number of rotatable bonds is 2. The minimum atomic E-state index is -3.50. The predicted octanol–water partition coefficient (Wildman–Crippen LogP) is 0.0866. The second kappa shape index (κ2) is 6.07. The Hall–Kier alpha value is -0.700. The van der Waals surface area contributed by atoms with Crippen LogP contribution in [0.25, 0.3) is 0 Å². The molecule has 3 fully saturated rings. The smallest absolute Gasteiger partial charge is 0.282 e. The number of piperidine rings is 1. The van der Waals surface area contributed by atoms with E-state index in [4.69, 9.17) is 4.74 Å². The normalized spacial score (nSPS) is 35.5. The Morgan fingerprint density at radius 1 is 1.23 bits per heavy atom. The van der Waals surface area contributed by atoms with E-state index in [1.54, 1.807) is 4.31 Å². The summed E-state index contributed by atoms with van der Waals surface area (Å²) in [4.78, 5) is 11.8. The van der Waals surface area contributed by atoms with Gasteiger partial charge in [-0.05, 0) is 32.6 Å². The molecule has 0 aromatic heterocycles. The minimum Gasteiger partial charge on any atom is -0.379 e. The highest BCUT2D eigenvalue weighted by Crippen LogP contribution is 2.35. The SMILES string of the molecule is C[C@]12CCCCN(S(=O)(=O)N3CCOCC3)[C@H]1CCC(=O)N2. The van der Waals surface area contributed by atoms with Crippen molar-refractivity contribution in [1.29, 1.82) is 0 Å². The molecule has 0 aromatic carbocycles. The molecule has 0 radical (unpaired) electrons. The molecular formula is C14H25N3O4S. The lowest BCUT2D eigenvalue weighted by molar-refractivity contribution is -0.126. The van der Waals surface area contributed by atoms with Crippen molar-refractivity contribution in [2.24, 2.45) is 0 Å². The fraction of sp³-hybridized carbons (Fsp3) is 0.929. The van der Waals surface area contributed by atoms with Crippen LogP contribution in [0.15, 0.2) is 0 Å². The third-order valence-electron chi connectivity index (χ3n) is 5.07. The summed E-state index contributed by atoms with van der Waals surface area (Å²) < 4.78 is 34.5. The van der Waals surface area contributed by atoms with E-state index in [-0.39, 0.29) is 11.9 Å². The lowest BCUT2D eigenvalue weighted by Crippen LogP contribution is -2.65. The predicted molar refractivity (Wildman–Crippen MR) is 81.4 cm³/mol. The van der Waals surface area contributed by atoms with Crippen molar-refractivity contribution in [3.8, 4) is 0 Å². The molecule has 126 valence electrons. The van der Waals surface area contributed by atoms with Crippen molar-refractivity contribution < 1.29 is 17.9 Å². The molecule has 3 rings (SSSR count). The molecule has 0 aromatic rings. The van der Waals surface area contributed by atoms with Crippen molar-refractivity contribution in [3.63, 3.8) is 0 Å². The van der Waals surface area contributed by atoms with Crippen LogP contribution < -0.4 is 5.32 Å². The van der Waals surface area contributed by atoms with Crippen LogP contribution in [-0.2, 0) is 19.7 Å². The molecule has 3 aliphatic rings. The van der Waals surface area contributed by atoms with Gasteiger partial charge in [0.1, 0.15) is 0 Å². The number of hydrogen-bond donors (Lipinski definition) is 1. The van der Waals surface area contributed by atoms with Crippen LogP contribution in [-0.4, -0.2) is 67.4 Å². The number of morpholine rings is 1. The molecule has 8 heteroatoms. The van der Waals surface area contributed by atoms with Crippen molar-refractivity contribution in [1.82, 2.24) is 13.9 Å². The second-order valence-electron chi connectivity index (χ2n) is 6.61. The van der Waals surface area contributed by atoms with Gasteiger partial charge in [-0.25, -0.2) is 0 Å². The lowest BCUT2D eigenvalue weighted by atomic mass is 9.82. The maximum Gasteiger partial charge on any atom is 0.282 e. The quantitative estimate of drug-likeness (QED) is 0.778. The molecule has 3 aliphatic heterocycles. The summed E-state index contributed by atoms with van der Waals surface area (Å²) in [5, 5.41) is 3.05. The van der Waals surface area contributed by atoms with E-state index in [0.29, 0.717) is 45.7 Å². The topological polar surface area (TPSA) is 79.0 Å². The van der Waals surface area contributed by atoms with E-state index in [0.717, 1.165) is 19.3 Å². The molecule has 1 N–H and O–H groups in total. The highest BCUT2D eigenvalue weighted by molar-refractivity contribution is 7.86. The third-order valence-corrected chi connectivity index (χ3v) is 7.12. The van der Waals surface area contributed by atoms with E-state index in [2.05, 4.69) is 5.32 Å². The molecule has 22 heavy (non-hydrogen) atoms. The Labute approximate surface area is 132 Å². The summed E-state index contributed by atoms with van der Waals surface area (Å²) in [5.74, 6) is 0.0318. The number of fused-ring (bicyclic) bond motifs is 1. The zero-order valence-corrected chi connectivity index (χ0v) is 13.9. The van der Waals surface area contributed by atoms with Crippen LogP contribution in [0.3, 0.4) is 0 Å². The van der Waals surface area contributed by atoms with Crippen molar-refractivity contribution in [3.05, 3.63) is 0 Å². The molecule has 0 spiro atoms. The van der Waals surface area contributed by atoms with Crippen LogP contribution in [0.4, 0.5) is 0 Å². The summed E-state index contributed by atoms with van der Waals surface area (Å²) >= 11 is 0. The second-order valence-corrected chi connectivity index (χ2v) is 8.49. The number of carbonyl (C=O) groups is 1. The lowest BCUT2D eigenvalue weighted by Gasteiger charge is -2.46. The van der Waals surface area contributed by atoms with Gasteiger partial charge in [-0.1, -0.05) is 0 Å². The maximum absolute atomic E-state index is 13.1. The molecule has 3 heterocycles. The van der Waals surface area contributed by atoms with Gasteiger partial charge < -0.3 is 10.1 Å². The van der Waals surface area contributed by atoms with Crippen LogP contribution in [0.2, 0.25) is 0 Å². The molecule has 0 aliphatic carbocycles. The van der Waals surface area contributed by atoms with Gasteiger partial charge in [-0.15, -0.1) is 0 Å². The first-order valence-corrected chi connectivity index (χ1v) is 9.49. The zero-order valence-electron chi connectivity index (χ0n) is 13.1. The largest absolute Gasteiger partial charge is 0.379 e. The van der Waals surface area contributed by atoms with Gasteiger partial charge >= 0.3 is 0 Å². The van der Waals surface area contributed by atoms with Crippen molar-refractivity contribution >= 4 is 16.1 Å². The van der Waals surface area contributed by atoms with Gasteiger partial charge in [0.05, 0.1) is 18.8 Å². The van der Waals surface area contributed by atoms with Crippen LogP contribution in [0.1, 0.15) is 39.0 Å². The van der Waals surface area contributed by atoms with Gasteiger partial charge in [0.15, 0.2) is 0 Å². The maximum atomic E-state index is 13.1. The number of carbonyl (C=O) groups excluding carboxylic acids is 1. The van der Waals surface area contributed by atoms with Crippen molar-refractivity contribution in [2.45, 2.75) is 50.6 Å². The van der Waals surface area contributed by atoms with Gasteiger partial charge in [-0.3, -0.25) is 4.79 Å². The Morgan fingerprint density at radius 2 is 1.95 bits per heavy atom. The van der Waals surface area contributed by atoms with E-state index in [1.807, 2.05) is 6.92 Å². The summed E-state index contributed by atoms with van der Waals surface area (Å²) in [6, 6.07) is -0.152. The van der Waals surface area contributed by atoms with Crippen LogP contribution in [0.5, 0.6) is 0 Å². The summed E-state index contributed by atoms with van der Waals surface area (Å²) in [5.41, 5.74) is -0.453. The number of hydrogen-bond acceptors (Lipinski definition) is 4. The highest BCUT2D eigenvalue weighted by Gasteiger charge is 2.48. The fourth-order valence-electron chi connectivity index (χ4n) is 3.86. The van der Waals surface area contributed by atoms with E-state index in [1.165, 1.54) is 4.31 Å². The summed E-state index contributed by atoms with van der Waals surface area (Å²) in [6.45, 7) is 4.25. The number of ether oxygens (including phenoxy) is 1. The van der Waals surface area contributed by atoms with Crippen molar-refractivity contribution in [2.75, 3.05) is 32.8 Å². The monoisotopic (exact) mass is 331 g/mol. The van der Waals surface area contributed by atoms with E-state index in [9.17, 15) is 13.2 Å². The first-order valence-electron chi connectivity index (χ1n) is 8.09. The Balaban J connectivity index is 1.88. The van der Waals surface area contributed by atoms with Gasteiger partial charge in [-0.2, -0.15) is 17.0 Å². The number of amides is 1. The average molecular weight is 331 g/mol. The van der Waals surface area contributed by atoms with E-state index >= 15 is 0 Å². The summed E-state index contributed by atoms with van der Waals surface area (Å²) in [7, 11) is -3.50. The van der Waals surface area contributed by atoms with Gasteiger partial charge in [0, 0.05) is 32.1 Å². The fourth-order valence-corrected chi connectivity index (χ4v) is 5.79. The molecule has 0 saturated carbocycles. The molecule has 1 amide bonds. The molecular weight excluding hydrogens is 306 g/mol. The Bertz CT molecular complexity index is 532. The number of nitrogens with zero attached hydrogens (tertiary/aromatic N) is 2. The minimum absolute atomic E-state index is 0.0318. The van der Waals surface area contributed by atoms with Gasteiger partial charge in [0.25, 0.3) is 10.2 Å². The average Bonchev–Trinajstić information content (AvgIpc) is 2.66. The molecule has 7 nitrogen and oxygen atoms in total. The Morgan fingerprint density at radius 3 is 2.68 bits per heavy atom. The number of nitrogens with one attached hydrogen (secondary N) is 1. The third kappa shape index (κ3) is 2.89. The van der Waals surface area contributed by atoms with Gasteiger partial charge in [0.2, 0.25) is 5.91 Å². The van der Waals surface area contributed by atoms with Crippen LogP contribution in [0, 0.1) is 0 Å². The zero-order chi connectivity index (χ0) is 15.8. The molecule has 2 atom stereocenters. The summed E-state index contributed by atoms with van der Waals surface area (Å²) in [6.07, 6.45) is 3.60. The van der Waals surface area contributed by atoms with Crippen LogP contribution >= 0.6 is 0 Å². The first-order chi connectivity index (χ1) is 10.4. The molecule has 0 unspecified atom stereocenters. The highest BCUT2D eigenvalue weighted by atomic mass is 32.2. The molecule has 0 bridgehead atoms. The van der Waals surface area contributed by atoms with E-state index < -0.39 is 15.7 Å².